The number of hydrogen-bond donors (Lipinski definition) is 3. The molecule has 1 fully saturated rings. The van der Waals surface area contributed by atoms with Crippen molar-refractivity contribution in [1.82, 2.24) is 20.3 Å². The summed E-state index contributed by atoms with van der Waals surface area (Å²) in [6.07, 6.45) is -0.398. The standard InChI is InChI=1S/C21H19F3N6/c22-21(23,24)17-12-28-20(29-16-5-2-6-26-11-16)30-19(17)15-8-18(27-10-15)14-4-1-3-13(7-14)9-25/h1,3-4,7-8,10,12,16,26-27H,2,5-6,11H2,(H,28,29,30)/t16-/m0/s1. The van der Waals surface area contributed by atoms with Gasteiger partial charge in [0.2, 0.25) is 5.95 Å². The van der Waals surface area contributed by atoms with Crippen LogP contribution in [0.2, 0.25) is 0 Å². The molecule has 1 aliphatic heterocycles. The second kappa shape index (κ2) is 8.16. The Bertz CT molecular complexity index is 1080. The van der Waals surface area contributed by atoms with Crippen molar-refractivity contribution in [3.63, 3.8) is 0 Å². The highest BCUT2D eigenvalue weighted by Gasteiger charge is 2.36. The molecule has 0 bridgehead atoms. The van der Waals surface area contributed by atoms with Gasteiger partial charge in [-0.1, -0.05) is 12.1 Å². The van der Waals surface area contributed by atoms with Crippen LogP contribution in [0.1, 0.15) is 24.0 Å². The lowest BCUT2D eigenvalue weighted by Crippen LogP contribution is -2.38. The van der Waals surface area contributed by atoms with Crippen LogP contribution in [0.5, 0.6) is 0 Å². The van der Waals surface area contributed by atoms with Crippen LogP contribution in [-0.2, 0) is 6.18 Å². The van der Waals surface area contributed by atoms with Crippen molar-refractivity contribution in [3.05, 3.63) is 53.9 Å². The molecule has 2 aromatic heterocycles. The topological polar surface area (TPSA) is 89.4 Å². The number of nitriles is 1. The first-order chi connectivity index (χ1) is 14.4. The number of rotatable bonds is 4. The van der Waals surface area contributed by atoms with E-state index in [-0.39, 0.29) is 17.7 Å². The summed E-state index contributed by atoms with van der Waals surface area (Å²) in [6, 6.07) is 10.6. The van der Waals surface area contributed by atoms with Crippen LogP contribution in [0.4, 0.5) is 19.1 Å². The first-order valence-corrected chi connectivity index (χ1v) is 9.55. The Labute approximate surface area is 171 Å². The predicted molar refractivity (Wildman–Crippen MR) is 106 cm³/mol. The molecular weight excluding hydrogens is 393 g/mol. The number of piperidine rings is 1. The van der Waals surface area contributed by atoms with Gasteiger partial charge in [-0.15, -0.1) is 0 Å². The maximum absolute atomic E-state index is 13.6. The molecule has 1 aromatic carbocycles. The Morgan fingerprint density at radius 1 is 1.20 bits per heavy atom. The summed E-state index contributed by atoms with van der Waals surface area (Å²) in [7, 11) is 0. The number of anilines is 1. The maximum Gasteiger partial charge on any atom is 0.419 e. The number of halogens is 3. The molecule has 0 aliphatic carbocycles. The van der Waals surface area contributed by atoms with Crippen molar-refractivity contribution >= 4 is 5.95 Å². The van der Waals surface area contributed by atoms with Crippen molar-refractivity contribution in [2.45, 2.75) is 25.1 Å². The van der Waals surface area contributed by atoms with E-state index in [1.807, 2.05) is 0 Å². The molecule has 0 radical (unpaired) electrons. The van der Waals surface area contributed by atoms with Gasteiger partial charge in [0.05, 0.1) is 17.3 Å². The van der Waals surface area contributed by atoms with Crippen molar-refractivity contribution in [3.8, 4) is 28.6 Å². The third-order valence-electron chi connectivity index (χ3n) is 4.98. The van der Waals surface area contributed by atoms with Crippen LogP contribution in [0.3, 0.4) is 0 Å². The van der Waals surface area contributed by atoms with Gasteiger partial charge >= 0.3 is 6.18 Å². The molecule has 3 heterocycles. The third kappa shape index (κ3) is 4.28. The van der Waals surface area contributed by atoms with Crippen molar-refractivity contribution in [2.75, 3.05) is 18.4 Å². The molecule has 4 rings (SSSR count). The van der Waals surface area contributed by atoms with Crippen LogP contribution in [0.15, 0.2) is 42.7 Å². The molecule has 1 aliphatic rings. The van der Waals surface area contributed by atoms with E-state index in [1.54, 1.807) is 30.3 Å². The molecule has 30 heavy (non-hydrogen) atoms. The lowest BCUT2D eigenvalue weighted by atomic mass is 10.1. The molecule has 0 unspecified atom stereocenters. The van der Waals surface area contributed by atoms with Gasteiger partial charge in [0.1, 0.15) is 5.56 Å². The van der Waals surface area contributed by atoms with Gasteiger partial charge in [0.25, 0.3) is 0 Å². The summed E-state index contributed by atoms with van der Waals surface area (Å²) in [5.74, 6) is 0.168. The molecular formula is C21H19F3N6. The van der Waals surface area contributed by atoms with Gasteiger partial charge in [-0.05, 0) is 43.1 Å². The average Bonchev–Trinajstić information content (AvgIpc) is 3.24. The summed E-state index contributed by atoms with van der Waals surface area (Å²) < 4.78 is 40.8. The number of aromatic amines is 1. The highest BCUT2D eigenvalue weighted by Crippen LogP contribution is 2.37. The van der Waals surface area contributed by atoms with E-state index in [4.69, 9.17) is 5.26 Å². The molecule has 3 aromatic rings. The molecule has 6 nitrogen and oxygen atoms in total. The lowest BCUT2D eigenvalue weighted by Gasteiger charge is -2.24. The maximum atomic E-state index is 13.6. The van der Waals surface area contributed by atoms with Gasteiger partial charge in [0, 0.05) is 36.2 Å². The van der Waals surface area contributed by atoms with Crippen molar-refractivity contribution in [2.24, 2.45) is 0 Å². The largest absolute Gasteiger partial charge is 0.419 e. The molecule has 0 spiro atoms. The van der Waals surface area contributed by atoms with Crippen LogP contribution in [0.25, 0.3) is 22.5 Å². The minimum Gasteiger partial charge on any atom is -0.361 e. The zero-order chi connectivity index (χ0) is 21.1. The molecule has 0 amide bonds. The Morgan fingerprint density at radius 3 is 2.80 bits per heavy atom. The van der Waals surface area contributed by atoms with E-state index in [1.165, 1.54) is 6.20 Å². The van der Waals surface area contributed by atoms with E-state index in [9.17, 15) is 13.2 Å². The highest BCUT2D eigenvalue weighted by molar-refractivity contribution is 5.72. The summed E-state index contributed by atoms with van der Waals surface area (Å²) in [5, 5.41) is 15.4. The average molecular weight is 412 g/mol. The number of aromatic nitrogens is 3. The Balaban J connectivity index is 1.70. The summed E-state index contributed by atoms with van der Waals surface area (Å²) in [6.45, 7) is 1.64. The van der Waals surface area contributed by atoms with Gasteiger partial charge in [0.15, 0.2) is 0 Å². The fourth-order valence-corrected chi connectivity index (χ4v) is 3.49. The smallest absolute Gasteiger partial charge is 0.361 e. The second-order valence-electron chi connectivity index (χ2n) is 7.14. The zero-order valence-electron chi connectivity index (χ0n) is 15.9. The summed E-state index contributed by atoms with van der Waals surface area (Å²) >= 11 is 0. The minimum absolute atomic E-state index is 0.0684. The van der Waals surface area contributed by atoms with E-state index < -0.39 is 11.7 Å². The zero-order valence-corrected chi connectivity index (χ0v) is 15.9. The minimum atomic E-state index is -4.58. The number of alkyl halides is 3. The monoisotopic (exact) mass is 412 g/mol. The van der Waals surface area contributed by atoms with Crippen molar-refractivity contribution < 1.29 is 13.2 Å². The number of benzene rings is 1. The van der Waals surface area contributed by atoms with Crippen LogP contribution >= 0.6 is 0 Å². The number of hydrogen-bond acceptors (Lipinski definition) is 5. The number of nitrogens with zero attached hydrogens (tertiary/aromatic N) is 3. The van der Waals surface area contributed by atoms with Gasteiger partial charge < -0.3 is 15.6 Å². The molecule has 1 saturated heterocycles. The summed E-state index contributed by atoms with van der Waals surface area (Å²) in [5.41, 5.74) is 0.976. The van der Waals surface area contributed by atoms with E-state index in [0.717, 1.165) is 25.6 Å². The van der Waals surface area contributed by atoms with Gasteiger partial charge in [-0.25, -0.2) is 9.97 Å². The fourth-order valence-electron chi connectivity index (χ4n) is 3.49. The molecule has 0 saturated carbocycles. The van der Waals surface area contributed by atoms with E-state index in [2.05, 4.69) is 31.7 Å². The quantitative estimate of drug-likeness (QED) is 0.598. The number of H-pyrrole nitrogens is 1. The Morgan fingerprint density at radius 2 is 2.07 bits per heavy atom. The number of nitrogens with one attached hydrogen (secondary N) is 3. The second-order valence-corrected chi connectivity index (χ2v) is 7.14. The lowest BCUT2D eigenvalue weighted by molar-refractivity contribution is -0.137. The van der Waals surface area contributed by atoms with Gasteiger partial charge in [-0.3, -0.25) is 0 Å². The van der Waals surface area contributed by atoms with Crippen LogP contribution in [-0.4, -0.2) is 34.1 Å². The molecule has 3 N–H and O–H groups in total. The summed E-state index contributed by atoms with van der Waals surface area (Å²) in [4.78, 5) is 11.1. The SMILES string of the molecule is N#Cc1cccc(-c2cc(-c3nc(N[C@H]4CCCNC4)ncc3C(F)(F)F)c[nH]2)c1. The van der Waals surface area contributed by atoms with Crippen LogP contribution in [0, 0.1) is 11.3 Å². The normalized spacial score (nSPS) is 16.8. The highest BCUT2D eigenvalue weighted by atomic mass is 19.4. The van der Waals surface area contributed by atoms with Crippen LogP contribution < -0.4 is 10.6 Å². The van der Waals surface area contributed by atoms with E-state index in [0.29, 0.717) is 28.9 Å². The Kier molecular flexibility index (Phi) is 5.42. The fraction of sp³-hybridized carbons (Fsp3) is 0.286. The van der Waals surface area contributed by atoms with Crippen molar-refractivity contribution in [1.29, 1.82) is 5.26 Å². The predicted octanol–water partition coefficient (Wildman–Crippen LogP) is 4.19. The third-order valence-corrected chi connectivity index (χ3v) is 4.98. The molecule has 154 valence electrons. The van der Waals surface area contributed by atoms with Gasteiger partial charge in [-0.2, -0.15) is 18.4 Å². The molecule has 1 atom stereocenters. The molecule has 9 heteroatoms. The Hall–Kier alpha value is -3.38. The van der Waals surface area contributed by atoms with E-state index >= 15 is 0 Å². The first-order valence-electron chi connectivity index (χ1n) is 9.55. The first kappa shape index (κ1) is 19.9.